The number of nitrogens with one attached hydrogen (secondary N) is 2. The summed E-state index contributed by atoms with van der Waals surface area (Å²) in [5.41, 5.74) is -1.98. The molecule has 1 atom stereocenters. The molecule has 2 amide bonds. The molecule has 0 aliphatic rings. The fraction of sp³-hybridized carbons (Fsp3) is 0.500. The van der Waals surface area contributed by atoms with Crippen molar-refractivity contribution in [3.05, 3.63) is 29.8 Å². The molecule has 0 heterocycles. The van der Waals surface area contributed by atoms with E-state index in [1.807, 2.05) is 0 Å². The molecular formula is C14H19F3N2O3. The Morgan fingerprint density at radius 3 is 2.41 bits per heavy atom. The number of rotatable bonds is 6. The fourth-order valence-corrected chi connectivity index (χ4v) is 1.76. The smallest absolute Gasteiger partial charge is 0.382 e. The molecule has 0 aliphatic heterocycles. The van der Waals surface area contributed by atoms with Crippen LogP contribution >= 0.6 is 0 Å². The van der Waals surface area contributed by atoms with E-state index >= 15 is 0 Å². The van der Waals surface area contributed by atoms with Crippen molar-refractivity contribution >= 4 is 11.7 Å². The van der Waals surface area contributed by atoms with E-state index < -0.39 is 23.4 Å². The van der Waals surface area contributed by atoms with Crippen LogP contribution in [0.3, 0.4) is 0 Å². The van der Waals surface area contributed by atoms with Gasteiger partial charge in [-0.3, -0.25) is 0 Å². The predicted octanol–water partition coefficient (Wildman–Crippen LogP) is 2.88. The molecule has 0 saturated carbocycles. The van der Waals surface area contributed by atoms with Gasteiger partial charge in [0.1, 0.15) is 5.60 Å². The van der Waals surface area contributed by atoms with E-state index in [1.54, 1.807) is 6.92 Å². The van der Waals surface area contributed by atoms with Crippen LogP contribution in [0.25, 0.3) is 0 Å². The van der Waals surface area contributed by atoms with E-state index in [-0.39, 0.29) is 18.8 Å². The molecular weight excluding hydrogens is 301 g/mol. The highest BCUT2D eigenvalue weighted by Crippen LogP contribution is 2.34. The Morgan fingerprint density at radius 2 is 1.86 bits per heavy atom. The van der Waals surface area contributed by atoms with Gasteiger partial charge >= 0.3 is 12.2 Å². The number of hydrogen-bond acceptors (Lipinski definition) is 3. The maximum Gasteiger partial charge on any atom is 0.418 e. The largest absolute Gasteiger partial charge is 0.418 e. The van der Waals surface area contributed by atoms with Gasteiger partial charge in [-0.15, -0.1) is 0 Å². The van der Waals surface area contributed by atoms with E-state index in [9.17, 15) is 18.0 Å². The number of para-hydroxylation sites is 1. The molecule has 22 heavy (non-hydrogen) atoms. The number of alkyl halides is 3. The quantitative estimate of drug-likeness (QED) is 0.847. The summed E-state index contributed by atoms with van der Waals surface area (Å²) in [5, 5.41) is 4.65. The number of ether oxygens (including phenoxy) is 2. The van der Waals surface area contributed by atoms with Crippen LogP contribution in [0, 0.1) is 0 Å². The van der Waals surface area contributed by atoms with E-state index in [0.717, 1.165) is 6.07 Å². The first kappa shape index (κ1) is 18.2. The molecule has 8 heteroatoms. The summed E-state index contributed by atoms with van der Waals surface area (Å²) in [7, 11) is 2.94. The first-order chi connectivity index (χ1) is 10.2. The van der Waals surface area contributed by atoms with Gasteiger partial charge in [0.15, 0.2) is 0 Å². The van der Waals surface area contributed by atoms with Crippen molar-refractivity contribution in [3.63, 3.8) is 0 Å². The lowest BCUT2D eigenvalue weighted by atomic mass is 10.1. The summed E-state index contributed by atoms with van der Waals surface area (Å²) in [6.45, 7) is 2.01. The second-order valence-corrected chi connectivity index (χ2v) is 4.94. The maximum absolute atomic E-state index is 12.8. The van der Waals surface area contributed by atoms with Gasteiger partial charge in [0.25, 0.3) is 0 Å². The normalized spacial score (nSPS) is 14.3. The van der Waals surface area contributed by atoms with Gasteiger partial charge in [-0.05, 0) is 19.1 Å². The molecule has 2 N–H and O–H groups in total. The Hall–Kier alpha value is -1.80. The Balaban J connectivity index is 2.71. The van der Waals surface area contributed by atoms with Gasteiger partial charge in [-0.25, -0.2) is 4.79 Å². The third-order valence-corrected chi connectivity index (χ3v) is 3.05. The van der Waals surface area contributed by atoms with Gasteiger partial charge < -0.3 is 20.1 Å². The molecule has 0 aliphatic carbocycles. The summed E-state index contributed by atoms with van der Waals surface area (Å²) in [5.74, 6) is 0. The van der Waals surface area contributed by atoms with Crippen molar-refractivity contribution in [2.24, 2.45) is 0 Å². The molecule has 0 radical (unpaired) electrons. The highest BCUT2D eigenvalue weighted by Gasteiger charge is 2.33. The van der Waals surface area contributed by atoms with Crippen molar-refractivity contribution in [2.75, 3.05) is 32.7 Å². The van der Waals surface area contributed by atoms with Gasteiger partial charge in [-0.1, -0.05) is 12.1 Å². The third-order valence-electron chi connectivity index (χ3n) is 3.05. The molecule has 1 aromatic rings. The average molecular weight is 320 g/mol. The zero-order chi connectivity index (χ0) is 16.8. The summed E-state index contributed by atoms with van der Waals surface area (Å²) in [4.78, 5) is 11.8. The van der Waals surface area contributed by atoms with Crippen molar-refractivity contribution in [1.82, 2.24) is 5.32 Å². The number of methoxy groups -OCH3 is 2. The first-order valence-electron chi connectivity index (χ1n) is 6.47. The number of benzene rings is 1. The van der Waals surface area contributed by atoms with E-state index in [4.69, 9.17) is 9.47 Å². The van der Waals surface area contributed by atoms with Gasteiger partial charge in [-0.2, -0.15) is 13.2 Å². The minimum absolute atomic E-state index is 0.0807. The lowest BCUT2D eigenvalue weighted by molar-refractivity contribution is -0.136. The number of amides is 2. The minimum Gasteiger partial charge on any atom is -0.382 e. The SMILES string of the molecule is COC[C@@](C)(CNC(=O)Nc1ccccc1C(F)(F)F)OC. The highest BCUT2D eigenvalue weighted by molar-refractivity contribution is 5.90. The first-order valence-corrected chi connectivity index (χ1v) is 6.47. The van der Waals surface area contributed by atoms with Crippen molar-refractivity contribution in [2.45, 2.75) is 18.7 Å². The van der Waals surface area contributed by atoms with Crippen LogP contribution in [0.2, 0.25) is 0 Å². The monoisotopic (exact) mass is 320 g/mol. The van der Waals surface area contributed by atoms with Gasteiger partial charge in [0.05, 0.1) is 24.4 Å². The van der Waals surface area contributed by atoms with Crippen LogP contribution in [0.15, 0.2) is 24.3 Å². The van der Waals surface area contributed by atoms with Crippen LogP contribution in [0.4, 0.5) is 23.7 Å². The lowest BCUT2D eigenvalue weighted by Gasteiger charge is -2.27. The second-order valence-electron chi connectivity index (χ2n) is 4.94. The molecule has 0 fully saturated rings. The zero-order valence-corrected chi connectivity index (χ0v) is 12.6. The van der Waals surface area contributed by atoms with Gasteiger partial charge in [0.2, 0.25) is 0 Å². The fourth-order valence-electron chi connectivity index (χ4n) is 1.76. The molecule has 1 rings (SSSR count). The lowest BCUT2D eigenvalue weighted by Crippen LogP contribution is -2.46. The second kappa shape index (κ2) is 7.46. The number of halogens is 3. The summed E-state index contributed by atoms with van der Waals surface area (Å²) in [6.07, 6.45) is -4.54. The Kier molecular flexibility index (Phi) is 6.19. The molecule has 0 spiro atoms. The summed E-state index contributed by atoms with van der Waals surface area (Å²) < 4.78 is 48.6. The Bertz CT molecular complexity index is 508. The molecule has 5 nitrogen and oxygen atoms in total. The van der Waals surface area contributed by atoms with E-state index in [0.29, 0.717) is 0 Å². The zero-order valence-electron chi connectivity index (χ0n) is 12.6. The van der Waals surface area contributed by atoms with Crippen molar-refractivity contribution in [3.8, 4) is 0 Å². The number of hydrogen-bond donors (Lipinski definition) is 2. The molecule has 0 saturated heterocycles. The average Bonchev–Trinajstić information content (AvgIpc) is 2.45. The standard InChI is InChI=1S/C14H19F3N2O3/c1-13(22-3,9-21-2)8-18-12(20)19-11-7-5-4-6-10(11)14(15,16)17/h4-7H,8-9H2,1-3H3,(H2,18,19,20)/t13-/m1/s1. The molecule has 0 aromatic heterocycles. The predicted molar refractivity (Wildman–Crippen MR) is 75.8 cm³/mol. The van der Waals surface area contributed by atoms with E-state index in [1.165, 1.54) is 32.4 Å². The topological polar surface area (TPSA) is 59.6 Å². The van der Waals surface area contributed by atoms with Gasteiger partial charge in [0, 0.05) is 14.2 Å². The van der Waals surface area contributed by atoms with Crippen LogP contribution in [-0.2, 0) is 15.7 Å². The minimum atomic E-state index is -4.54. The number of carbonyl (C=O) groups excluding carboxylic acids is 1. The van der Waals surface area contributed by atoms with Crippen LogP contribution in [0.1, 0.15) is 12.5 Å². The summed E-state index contributed by atoms with van der Waals surface area (Å²) in [6, 6.07) is 4.00. The number of carbonyl (C=O) groups is 1. The van der Waals surface area contributed by atoms with Crippen LogP contribution < -0.4 is 10.6 Å². The third kappa shape index (κ3) is 5.19. The van der Waals surface area contributed by atoms with E-state index in [2.05, 4.69) is 10.6 Å². The molecule has 124 valence electrons. The van der Waals surface area contributed by atoms with Crippen LogP contribution in [-0.4, -0.2) is 39.0 Å². The Labute approximate surface area is 126 Å². The summed E-state index contributed by atoms with van der Waals surface area (Å²) >= 11 is 0. The molecule has 0 bridgehead atoms. The number of urea groups is 1. The maximum atomic E-state index is 12.8. The van der Waals surface area contributed by atoms with Crippen molar-refractivity contribution < 1.29 is 27.4 Å². The molecule has 1 aromatic carbocycles. The number of anilines is 1. The van der Waals surface area contributed by atoms with Crippen LogP contribution in [0.5, 0.6) is 0 Å². The Morgan fingerprint density at radius 1 is 1.23 bits per heavy atom. The highest BCUT2D eigenvalue weighted by atomic mass is 19.4. The molecule has 0 unspecified atom stereocenters. The van der Waals surface area contributed by atoms with Crippen molar-refractivity contribution in [1.29, 1.82) is 0 Å².